The molecule has 0 radical (unpaired) electrons. The summed E-state index contributed by atoms with van der Waals surface area (Å²) >= 11 is 0. The first-order chi connectivity index (χ1) is 14.9. The van der Waals surface area contributed by atoms with Crippen molar-refractivity contribution in [2.75, 3.05) is 0 Å². The molecule has 0 atom stereocenters. The summed E-state index contributed by atoms with van der Waals surface area (Å²) in [5.74, 6) is 0. The lowest BCUT2D eigenvalue weighted by molar-refractivity contribution is 1.18. The lowest BCUT2D eigenvalue weighted by atomic mass is 9.93. The molecule has 7 rings (SSSR count). The second-order valence-electron chi connectivity index (χ2n) is 8.14. The molecule has 140 valence electrons. The molecule has 0 bridgehead atoms. The Morgan fingerprint density at radius 1 is 0.567 bits per heavy atom. The van der Waals surface area contributed by atoms with Crippen LogP contribution in [0.25, 0.3) is 49.4 Å². The second-order valence-corrected chi connectivity index (χ2v) is 8.14. The maximum Gasteiger partial charge on any atom is 0.0622 e. The quantitative estimate of drug-likeness (QED) is 0.277. The highest BCUT2D eigenvalue weighted by molar-refractivity contribution is 6.24. The van der Waals surface area contributed by atoms with Gasteiger partial charge in [-0.1, -0.05) is 84.9 Å². The number of hydrogen-bond donors (Lipinski definition) is 0. The molecule has 1 nitrogen and oxygen atoms in total. The van der Waals surface area contributed by atoms with E-state index >= 15 is 0 Å². The van der Waals surface area contributed by atoms with Crippen LogP contribution in [-0.2, 0) is 6.42 Å². The van der Waals surface area contributed by atoms with Crippen molar-refractivity contribution in [3.8, 4) is 16.8 Å². The van der Waals surface area contributed by atoms with Gasteiger partial charge in [-0.3, -0.25) is 0 Å². The van der Waals surface area contributed by atoms with Crippen molar-refractivity contribution in [2.45, 2.75) is 6.42 Å². The molecule has 1 heteroatoms. The maximum absolute atomic E-state index is 2.45. The van der Waals surface area contributed by atoms with E-state index in [2.05, 4.69) is 108 Å². The minimum atomic E-state index is 0.996. The van der Waals surface area contributed by atoms with E-state index in [4.69, 9.17) is 0 Å². The van der Waals surface area contributed by atoms with Gasteiger partial charge in [-0.25, -0.2) is 0 Å². The first kappa shape index (κ1) is 16.0. The van der Waals surface area contributed by atoms with Crippen LogP contribution in [-0.4, -0.2) is 4.57 Å². The molecule has 0 spiro atoms. The van der Waals surface area contributed by atoms with E-state index in [1.54, 1.807) is 0 Å². The number of nitrogens with zero attached hydrogens (tertiary/aromatic N) is 1. The van der Waals surface area contributed by atoms with Crippen LogP contribution >= 0.6 is 0 Å². The third-order valence-electron chi connectivity index (χ3n) is 6.60. The van der Waals surface area contributed by atoms with E-state index in [-0.39, 0.29) is 0 Å². The van der Waals surface area contributed by atoms with Crippen molar-refractivity contribution in [3.05, 3.63) is 114 Å². The zero-order valence-electron chi connectivity index (χ0n) is 16.5. The lowest BCUT2D eigenvalue weighted by Gasteiger charge is -2.13. The fourth-order valence-electron chi connectivity index (χ4n) is 5.43. The largest absolute Gasteiger partial charge is 0.309 e. The summed E-state index contributed by atoms with van der Waals surface area (Å²) in [6, 6.07) is 37.4. The number of para-hydroxylation sites is 2. The van der Waals surface area contributed by atoms with Crippen molar-refractivity contribution in [2.24, 2.45) is 0 Å². The van der Waals surface area contributed by atoms with E-state index in [9.17, 15) is 0 Å². The highest BCUT2D eigenvalue weighted by Gasteiger charge is 2.27. The standard InChI is InChI=1S/C29H19N/c1-2-11-20(12-3-1)30-26-17-9-8-16-24(26)28-25-18-19-10-4-5-13-21(19)27(25)22-14-6-7-15-23(22)29(28)30/h1-17H,18H2. The summed E-state index contributed by atoms with van der Waals surface area (Å²) in [6.45, 7) is 0. The van der Waals surface area contributed by atoms with E-state index in [1.165, 1.54) is 60.5 Å². The van der Waals surface area contributed by atoms with Gasteiger partial charge >= 0.3 is 0 Å². The Hall–Kier alpha value is -3.84. The van der Waals surface area contributed by atoms with Gasteiger partial charge in [0.25, 0.3) is 0 Å². The Labute approximate surface area is 174 Å². The number of hydrogen-bond acceptors (Lipinski definition) is 0. The molecule has 1 aliphatic carbocycles. The molecule has 30 heavy (non-hydrogen) atoms. The fraction of sp³-hybridized carbons (Fsp3) is 0.0345. The number of benzene rings is 5. The molecule has 0 N–H and O–H groups in total. The van der Waals surface area contributed by atoms with Gasteiger partial charge < -0.3 is 4.57 Å². The topological polar surface area (TPSA) is 4.93 Å². The third-order valence-corrected chi connectivity index (χ3v) is 6.60. The van der Waals surface area contributed by atoms with Crippen molar-refractivity contribution < 1.29 is 0 Å². The summed E-state index contributed by atoms with van der Waals surface area (Å²) in [7, 11) is 0. The predicted molar refractivity (Wildman–Crippen MR) is 127 cm³/mol. The van der Waals surface area contributed by atoms with E-state index in [0.29, 0.717) is 0 Å². The summed E-state index contributed by atoms with van der Waals surface area (Å²) < 4.78 is 2.45. The summed E-state index contributed by atoms with van der Waals surface area (Å²) in [5.41, 5.74) is 9.52. The molecule has 0 aliphatic heterocycles. The van der Waals surface area contributed by atoms with Gasteiger partial charge in [-0.05, 0) is 52.3 Å². The van der Waals surface area contributed by atoms with Crippen LogP contribution in [0.1, 0.15) is 11.1 Å². The molecule has 1 aromatic heterocycles. The monoisotopic (exact) mass is 381 g/mol. The predicted octanol–water partition coefficient (Wildman–Crippen LogP) is 7.51. The van der Waals surface area contributed by atoms with Gasteiger partial charge in [-0.15, -0.1) is 0 Å². The van der Waals surface area contributed by atoms with Crippen LogP contribution in [0.15, 0.2) is 103 Å². The van der Waals surface area contributed by atoms with Crippen LogP contribution in [0.5, 0.6) is 0 Å². The highest BCUT2D eigenvalue weighted by Crippen LogP contribution is 2.49. The molecule has 0 saturated heterocycles. The van der Waals surface area contributed by atoms with Crippen molar-refractivity contribution >= 4 is 32.6 Å². The fourth-order valence-corrected chi connectivity index (χ4v) is 5.43. The van der Waals surface area contributed by atoms with Gasteiger partial charge in [-0.2, -0.15) is 0 Å². The zero-order valence-corrected chi connectivity index (χ0v) is 16.5. The Morgan fingerprint density at radius 3 is 2.10 bits per heavy atom. The van der Waals surface area contributed by atoms with Crippen molar-refractivity contribution in [1.29, 1.82) is 0 Å². The summed E-state index contributed by atoms with van der Waals surface area (Å²) in [4.78, 5) is 0. The molecule has 0 unspecified atom stereocenters. The van der Waals surface area contributed by atoms with Crippen molar-refractivity contribution in [1.82, 2.24) is 4.57 Å². The van der Waals surface area contributed by atoms with E-state index < -0.39 is 0 Å². The van der Waals surface area contributed by atoms with Crippen LogP contribution in [0.4, 0.5) is 0 Å². The molecule has 6 aromatic rings. The first-order valence-corrected chi connectivity index (χ1v) is 10.5. The van der Waals surface area contributed by atoms with Crippen molar-refractivity contribution in [3.63, 3.8) is 0 Å². The SMILES string of the molecule is c1ccc(-n2c3ccccc3c3c4c(c5ccccc5c32)-c2ccccc2C4)cc1. The molecule has 0 amide bonds. The highest BCUT2D eigenvalue weighted by atomic mass is 15.0. The zero-order chi connectivity index (χ0) is 19.7. The first-order valence-electron chi connectivity index (χ1n) is 10.5. The minimum Gasteiger partial charge on any atom is -0.309 e. The molecule has 0 fully saturated rings. The maximum atomic E-state index is 2.45. The van der Waals surface area contributed by atoms with Gasteiger partial charge in [0.2, 0.25) is 0 Å². The molecular weight excluding hydrogens is 362 g/mol. The average molecular weight is 381 g/mol. The Kier molecular flexibility index (Phi) is 3.12. The van der Waals surface area contributed by atoms with Crippen LogP contribution in [0, 0.1) is 0 Å². The van der Waals surface area contributed by atoms with Gasteiger partial charge in [0.15, 0.2) is 0 Å². The summed E-state index contributed by atoms with van der Waals surface area (Å²) in [6.07, 6.45) is 0.996. The minimum absolute atomic E-state index is 0.996. The molecule has 0 saturated carbocycles. The number of fused-ring (bicyclic) bond motifs is 10. The molecular formula is C29H19N. The number of aromatic nitrogens is 1. The van der Waals surface area contributed by atoms with Crippen LogP contribution in [0.2, 0.25) is 0 Å². The van der Waals surface area contributed by atoms with Gasteiger partial charge in [0.1, 0.15) is 0 Å². The molecule has 1 heterocycles. The van der Waals surface area contributed by atoms with Gasteiger partial charge in [0, 0.05) is 21.8 Å². The Bertz CT molecular complexity index is 1600. The smallest absolute Gasteiger partial charge is 0.0622 e. The third kappa shape index (κ3) is 1.97. The van der Waals surface area contributed by atoms with Gasteiger partial charge in [0.05, 0.1) is 11.0 Å². The van der Waals surface area contributed by atoms with Crippen LogP contribution < -0.4 is 0 Å². The Morgan fingerprint density at radius 2 is 1.23 bits per heavy atom. The van der Waals surface area contributed by atoms with Crippen LogP contribution in [0.3, 0.4) is 0 Å². The van der Waals surface area contributed by atoms with E-state index in [0.717, 1.165) is 6.42 Å². The normalized spacial score (nSPS) is 12.5. The Balaban J connectivity index is 1.79. The number of rotatable bonds is 1. The second kappa shape index (κ2) is 5.84. The molecule has 5 aromatic carbocycles. The molecule has 1 aliphatic rings. The lowest BCUT2D eigenvalue weighted by Crippen LogP contribution is -1.95. The summed E-state index contributed by atoms with van der Waals surface area (Å²) in [5, 5.41) is 5.42. The van der Waals surface area contributed by atoms with E-state index in [1.807, 2.05) is 0 Å². The average Bonchev–Trinajstić information content (AvgIpc) is 3.36.